The minimum atomic E-state index is -0.0669. The average Bonchev–Trinajstić information content (AvgIpc) is 3.08. The molecule has 0 unspecified atom stereocenters. The molecule has 0 radical (unpaired) electrons. The van der Waals surface area contributed by atoms with Gasteiger partial charge < -0.3 is 15.1 Å². The first-order valence-electron chi connectivity index (χ1n) is 8.37. The number of piperazine rings is 1. The van der Waals surface area contributed by atoms with Crippen molar-refractivity contribution in [3.63, 3.8) is 0 Å². The summed E-state index contributed by atoms with van der Waals surface area (Å²) in [4.78, 5) is 25.7. The molecule has 1 aromatic rings. The molecule has 1 saturated heterocycles. The summed E-state index contributed by atoms with van der Waals surface area (Å²) in [6.07, 6.45) is 6.28. The highest BCUT2D eigenvalue weighted by Gasteiger charge is 2.21. The summed E-state index contributed by atoms with van der Waals surface area (Å²) in [5, 5.41) is 3.09. The van der Waals surface area contributed by atoms with Crippen LogP contribution in [-0.2, 0) is 0 Å². The van der Waals surface area contributed by atoms with Crippen molar-refractivity contribution in [1.29, 1.82) is 0 Å². The number of carbonyl (C=O) groups excluding carboxylic acids is 1. The number of nitrogens with zero attached hydrogens (tertiary/aromatic N) is 4. The fourth-order valence-electron chi connectivity index (χ4n) is 3.22. The second-order valence-electron chi connectivity index (χ2n) is 6.12. The molecule has 2 heterocycles. The molecular weight excluding hydrogens is 278 g/mol. The van der Waals surface area contributed by atoms with Crippen molar-refractivity contribution < 1.29 is 4.79 Å². The summed E-state index contributed by atoms with van der Waals surface area (Å²) < 4.78 is 0. The van der Waals surface area contributed by atoms with Crippen LogP contribution in [0.5, 0.6) is 0 Å². The molecule has 1 amide bonds. The first kappa shape index (κ1) is 15.2. The van der Waals surface area contributed by atoms with Crippen LogP contribution in [0.3, 0.4) is 0 Å². The van der Waals surface area contributed by atoms with E-state index in [-0.39, 0.29) is 5.91 Å². The van der Waals surface area contributed by atoms with Gasteiger partial charge in [0.1, 0.15) is 5.69 Å². The van der Waals surface area contributed by atoms with Gasteiger partial charge in [-0.15, -0.1) is 0 Å². The van der Waals surface area contributed by atoms with Crippen LogP contribution in [0.25, 0.3) is 0 Å². The van der Waals surface area contributed by atoms with Crippen LogP contribution in [-0.4, -0.2) is 59.5 Å². The van der Waals surface area contributed by atoms with Crippen molar-refractivity contribution in [3.05, 3.63) is 18.0 Å². The van der Waals surface area contributed by atoms with E-state index in [9.17, 15) is 4.79 Å². The maximum absolute atomic E-state index is 12.3. The number of nitrogens with one attached hydrogen (secondary N) is 1. The Morgan fingerprint density at radius 1 is 1.27 bits per heavy atom. The maximum Gasteiger partial charge on any atom is 0.270 e. The molecule has 120 valence electrons. The van der Waals surface area contributed by atoms with Gasteiger partial charge in [0.25, 0.3) is 5.91 Å². The van der Waals surface area contributed by atoms with Crippen molar-refractivity contribution in [2.24, 2.45) is 0 Å². The van der Waals surface area contributed by atoms with Crippen LogP contribution >= 0.6 is 0 Å². The van der Waals surface area contributed by atoms with Gasteiger partial charge in [0.2, 0.25) is 5.95 Å². The Kier molecular flexibility index (Phi) is 4.87. The van der Waals surface area contributed by atoms with Gasteiger partial charge in [-0.2, -0.15) is 0 Å². The molecule has 0 atom stereocenters. The zero-order chi connectivity index (χ0) is 15.4. The van der Waals surface area contributed by atoms with Crippen LogP contribution in [0, 0.1) is 0 Å². The number of likely N-dealkylation sites (N-methyl/N-ethyl adjacent to an activating group) is 1. The summed E-state index contributed by atoms with van der Waals surface area (Å²) in [5.74, 6) is 0.609. The normalized spacial score (nSPS) is 20.3. The van der Waals surface area contributed by atoms with Gasteiger partial charge in [-0.05, 0) is 25.5 Å². The standard InChI is InChI=1S/C16H25N5O/c1-2-20-9-11-21(12-10-20)16-17-8-7-14(19-16)15(22)18-13-5-3-4-6-13/h7-8,13H,2-6,9-12H2,1H3,(H,18,22). The monoisotopic (exact) mass is 303 g/mol. The number of amides is 1. The van der Waals surface area contributed by atoms with Crippen LogP contribution < -0.4 is 10.2 Å². The summed E-state index contributed by atoms with van der Waals surface area (Å²) in [6, 6.07) is 2.02. The molecule has 0 bridgehead atoms. The van der Waals surface area contributed by atoms with E-state index in [4.69, 9.17) is 0 Å². The molecule has 22 heavy (non-hydrogen) atoms. The third-order valence-electron chi connectivity index (χ3n) is 4.67. The van der Waals surface area contributed by atoms with Crippen LogP contribution in [0.2, 0.25) is 0 Å². The first-order chi connectivity index (χ1) is 10.8. The molecule has 1 aliphatic heterocycles. The van der Waals surface area contributed by atoms with E-state index >= 15 is 0 Å². The smallest absolute Gasteiger partial charge is 0.270 e. The zero-order valence-corrected chi connectivity index (χ0v) is 13.3. The summed E-state index contributed by atoms with van der Waals surface area (Å²) in [5.41, 5.74) is 0.481. The largest absolute Gasteiger partial charge is 0.348 e. The summed E-state index contributed by atoms with van der Waals surface area (Å²) in [6.45, 7) is 7.15. The minimum absolute atomic E-state index is 0.0669. The number of anilines is 1. The van der Waals surface area contributed by atoms with Gasteiger partial charge in [0.15, 0.2) is 0 Å². The molecule has 1 saturated carbocycles. The molecule has 0 aromatic carbocycles. The molecule has 6 nitrogen and oxygen atoms in total. The molecular formula is C16H25N5O. The topological polar surface area (TPSA) is 61.4 Å². The Bertz CT molecular complexity index is 507. The van der Waals surface area contributed by atoms with Crippen molar-refractivity contribution in [1.82, 2.24) is 20.2 Å². The highest BCUT2D eigenvalue weighted by molar-refractivity contribution is 5.92. The Balaban J connectivity index is 1.63. The van der Waals surface area contributed by atoms with Gasteiger partial charge in [0.05, 0.1) is 0 Å². The van der Waals surface area contributed by atoms with Gasteiger partial charge >= 0.3 is 0 Å². The van der Waals surface area contributed by atoms with Crippen molar-refractivity contribution in [2.75, 3.05) is 37.6 Å². The van der Waals surface area contributed by atoms with Crippen LogP contribution in [0.1, 0.15) is 43.1 Å². The molecule has 1 aromatic heterocycles. The first-order valence-corrected chi connectivity index (χ1v) is 8.37. The number of carbonyl (C=O) groups is 1. The molecule has 3 rings (SSSR count). The molecule has 2 aliphatic rings. The molecule has 2 fully saturated rings. The average molecular weight is 303 g/mol. The fourth-order valence-corrected chi connectivity index (χ4v) is 3.22. The van der Waals surface area contributed by atoms with E-state index in [2.05, 4.69) is 32.0 Å². The minimum Gasteiger partial charge on any atom is -0.348 e. The number of aromatic nitrogens is 2. The van der Waals surface area contributed by atoms with Gasteiger partial charge in [-0.3, -0.25) is 4.79 Å². The van der Waals surface area contributed by atoms with Gasteiger partial charge in [-0.25, -0.2) is 9.97 Å². The Morgan fingerprint density at radius 2 is 2.00 bits per heavy atom. The van der Waals surface area contributed by atoms with E-state index in [0.717, 1.165) is 45.6 Å². The number of rotatable bonds is 4. The van der Waals surface area contributed by atoms with Crippen molar-refractivity contribution >= 4 is 11.9 Å². The van der Waals surface area contributed by atoms with E-state index in [0.29, 0.717) is 17.7 Å². The van der Waals surface area contributed by atoms with Crippen molar-refractivity contribution in [2.45, 2.75) is 38.6 Å². The lowest BCUT2D eigenvalue weighted by Gasteiger charge is -2.34. The Labute approximate surface area is 131 Å². The fraction of sp³-hybridized carbons (Fsp3) is 0.688. The van der Waals surface area contributed by atoms with Gasteiger partial charge in [-0.1, -0.05) is 19.8 Å². The highest BCUT2D eigenvalue weighted by Crippen LogP contribution is 2.18. The zero-order valence-electron chi connectivity index (χ0n) is 13.3. The molecule has 6 heteroatoms. The lowest BCUT2D eigenvalue weighted by molar-refractivity contribution is 0.0932. The predicted octanol–water partition coefficient (Wildman–Crippen LogP) is 1.29. The molecule has 1 aliphatic carbocycles. The summed E-state index contributed by atoms with van der Waals surface area (Å²) in [7, 11) is 0. The van der Waals surface area contributed by atoms with Crippen molar-refractivity contribution in [3.8, 4) is 0 Å². The van der Waals surface area contributed by atoms with Gasteiger partial charge in [0, 0.05) is 38.4 Å². The van der Waals surface area contributed by atoms with Crippen LogP contribution in [0.15, 0.2) is 12.3 Å². The highest BCUT2D eigenvalue weighted by atomic mass is 16.1. The summed E-state index contributed by atoms with van der Waals surface area (Å²) >= 11 is 0. The van der Waals surface area contributed by atoms with E-state index < -0.39 is 0 Å². The third-order valence-corrected chi connectivity index (χ3v) is 4.67. The van der Waals surface area contributed by atoms with E-state index in [1.165, 1.54) is 12.8 Å². The molecule has 1 N–H and O–H groups in total. The lowest BCUT2D eigenvalue weighted by atomic mass is 10.2. The molecule has 0 spiro atoms. The SMILES string of the molecule is CCN1CCN(c2nccc(C(=O)NC3CCCC3)n2)CC1. The van der Waals surface area contributed by atoms with Crippen LogP contribution in [0.4, 0.5) is 5.95 Å². The Hall–Kier alpha value is -1.69. The quantitative estimate of drug-likeness (QED) is 0.908. The maximum atomic E-state index is 12.3. The van der Waals surface area contributed by atoms with E-state index in [1.807, 2.05) is 0 Å². The number of hydrogen-bond donors (Lipinski definition) is 1. The Morgan fingerprint density at radius 3 is 2.68 bits per heavy atom. The van der Waals surface area contributed by atoms with E-state index in [1.54, 1.807) is 12.3 Å². The second-order valence-corrected chi connectivity index (χ2v) is 6.12. The third kappa shape index (κ3) is 3.55. The second kappa shape index (κ2) is 7.05. The predicted molar refractivity (Wildman–Crippen MR) is 86.1 cm³/mol. The lowest BCUT2D eigenvalue weighted by Crippen LogP contribution is -2.47. The number of hydrogen-bond acceptors (Lipinski definition) is 5.